The molecule has 0 fully saturated rings. The fourth-order valence-corrected chi connectivity index (χ4v) is 2.03. The molecule has 0 spiro atoms. The van der Waals surface area contributed by atoms with Gasteiger partial charge in [0, 0.05) is 18.2 Å². The van der Waals surface area contributed by atoms with Crippen molar-refractivity contribution in [3.05, 3.63) is 53.5 Å². The van der Waals surface area contributed by atoms with Crippen molar-refractivity contribution in [3.8, 4) is 0 Å². The Morgan fingerprint density at radius 1 is 1.26 bits per heavy atom. The van der Waals surface area contributed by atoms with Crippen molar-refractivity contribution in [1.29, 1.82) is 0 Å². The van der Waals surface area contributed by atoms with Crippen LogP contribution in [0, 0.1) is 0 Å². The zero-order valence-electron chi connectivity index (χ0n) is 12.6. The molecule has 2 rings (SSSR count). The summed E-state index contributed by atoms with van der Waals surface area (Å²) in [7, 11) is 0. The van der Waals surface area contributed by atoms with Crippen LogP contribution in [0.2, 0.25) is 5.02 Å². The molecule has 2 aromatic rings. The molecule has 0 saturated heterocycles. The summed E-state index contributed by atoms with van der Waals surface area (Å²) < 4.78 is 5.10. The maximum absolute atomic E-state index is 11.9. The van der Waals surface area contributed by atoms with Crippen LogP contribution in [0.15, 0.2) is 47.1 Å². The lowest BCUT2D eigenvalue weighted by molar-refractivity contribution is -0.116. The molecule has 0 saturated carbocycles. The Hall–Kier alpha value is -2.53. The van der Waals surface area contributed by atoms with Crippen LogP contribution in [0.25, 0.3) is 6.08 Å². The monoisotopic (exact) mass is 332 g/mol. The highest BCUT2D eigenvalue weighted by atomic mass is 35.5. The van der Waals surface area contributed by atoms with E-state index in [4.69, 9.17) is 16.0 Å². The van der Waals surface area contributed by atoms with Crippen LogP contribution in [0.4, 0.5) is 11.4 Å². The van der Waals surface area contributed by atoms with Crippen LogP contribution in [-0.4, -0.2) is 11.8 Å². The van der Waals surface area contributed by atoms with Gasteiger partial charge in [-0.1, -0.05) is 18.5 Å². The molecule has 0 atom stereocenters. The van der Waals surface area contributed by atoms with Gasteiger partial charge >= 0.3 is 0 Å². The standard InChI is InChI=1S/C17H17ClN2O3/c1-2-4-16(21)19-12-6-8-14(18)15(11-12)20-17(22)9-7-13-5-3-10-23-13/h3,5-11H,2,4H2,1H3,(H,19,21)(H,20,22). The van der Waals surface area contributed by atoms with Gasteiger partial charge in [0.2, 0.25) is 11.8 Å². The predicted molar refractivity (Wildman–Crippen MR) is 91.4 cm³/mol. The third-order valence-electron chi connectivity index (χ3n) is 2.93. The van der Waals surface area contributed by atoms with Gasteiger partial charge in [-0.3, -0.25) is 9.59 Å². The van der Waals surface area contributed by atoms with Gasteiger partial charge in [-0.2, -0.15) is 0 Å². The second kappa shape index (κ2) is 8.19. The summed E-state index contributed by atoms with van der Waals surface area (Å²) in [6.07, 6.45) is 5.63. The summed E-state index contributed by atoms with van der Waals surface area (Å²) >= 11 is 6.07. The summed E-state index contributed by atoms with van der Waals surface area (Å²) in [6.45, 7) is 1.93. The average molecular weight is 333 g/mol. The lowest BCUT2D eigenvalue weighted by Crippen LogP contribution is -2.12. The highest BCUT2D eigenvalue weighted by Gasteiger charge is 2.07. The van der Waals surface area contributed by atoms with Gasteiger partial charge in [0.05, 0.1) is 17.0 Å². The van der Waals surface area contributed by atoms with Crippen molar-refractivity contribution < 1.29 is 14.0 Å². The van der Waals surface area contributed by atoms with E-state index >= 15 is 0 Å². The Morgan fingerprint density at radius 2 is 2.09 bits per heavy atom. The summed E-state index contributed by atoms with van der Waals surface area (Å²) in [5.41, 5.74) is 1.01. The first-order valence-electron chi connectivity index (χ1n) is 7.20. The molecule has 0 aliphatic rings. The van der Waals surface area contributed by atoms with Gasteiger partial charge in [-0.25, -0.2) is 0 Å². The number of amides is 2. The Bertz CT molecular complexity index is 709. The van der Waals surface area contributed by atoms with E-state index in [2.05, 4.69) is 10.6 Å². The molecule has 0 bridgehead atoms. The molecule has 0 aliphatic carbocycles. The minimum atomic E-state index is -0.347. The van der Waals surface area contributed by atoms with Crippen molar-refractivity contribution in [3.63, 3.8) is 0 Å². The lowest BCUT2D eigenvalue weighted by Gasteiger charge is -2.09. The minimum Gasteiger partial charge on any atom is -0.465 e. The molecular weight excluding hydrogens is 316 g/mol. The molecule has 0 aliphatic heterocycles. The van der Waals surface area contributed by atoms with Crippen molar-refractivity contribution in [2.75, 3.05) is 10.6 Å². The number of carbonyl (C=O) groups excluding carboxylic acids is 2. The molecule has 1 aromatic heterocycles. The molecule has 1 aromatic carbocycles. The van der Waals surface area contributed by atoms with E-state index in [0.29, 0.717) is 28.6 Å². The van der Waals surface area contributed by atoms with E-state index in [0.717, 1.165) is 6.42 Å². The lowest BCUT2D eigenvalue weighted by atomic mass is 10.2. The van der Waals surface area contributed by atoms with Crippen LogP contribution in [0.3, 0.4) is 0 Å². The van der Waals surface area contributed by atoms with Crippen molar-refractivity contribution in [1.82, 2.24) is 0 Å². The Morgan fingerprint density at radius 3 is 2.78 bits per heavy atom. The molecular formula is C17H17ClN2O3. The predicted octanol–water partition coefficient (Wildman–Crippen LogP) is 4.32. The van der Waals surface area contributed by atoms with Gasteiger partial charge in [0.15, 0.2) is 0 Å². The van der Waals surface area contributed by atoms with Gasteiger partial charge in [-0.15, -0.1) is 0 Å². The van der Waals surface area contributed by atoms with Crippen LogP contribution in [0.1, 0.15) is 25.5 Å². The molecule has 2 N–H and O–H groups in total. The third-order valence-corrected chi connectivity index (χ3v) is 3.26. The molecule has 2 amide bonds. The molecule has 0 unspecified atom stereocenters. The fraction of sp³-hybridized carbons (Fsp3) is 0.176. The second-order valence-corrected chi connectivity index (χ2v) is 5.24. The van der Waals surface area contributed by atoms with E-state index in [1.807, 2.05) is 6.92 Å². The molecule has 1 heterocycles. The molecule has 23 heavy (non-hydrogen) atoms. The Labute approximate surface area is 139 Å². The van der Waals surface area contributed by atoms with E-state index < -0.39 is 0 Å². The average Bonchev–Trinajstić information content (AvgIpc) is 3.02. The minimum absolute atomic E-state index is 0.0789. The summed E-state index contributed by atoms with van der Waals surface area (Å²) in [5, 5.41) is 5.81. The number of halogens is 1. The fourth-order valence-electron chi connectivity index (χ4n) is 1.87. The Kier molecular flexibility index (Phi) is 6.00. The smallest absolute Gasteiger partial charge is 0.248 e. The second-order valence-electron chi connectivity index (χ2n) is 4.83. The van der Waals surface area contributed by atoms with Crippen LogP contribution in [0.5, 0.6) is 0 Å². The van der Waals surface area contributed by atoms with Gasteiger partial charge < -0.3 is 15.1 Å². The first kappa shape index (κ1) is 16.8. The van der Waals surface area contributed by atoms with E-state index in [1.165, 1.54) is 12.3 Å². The highest BCUT2D eigenvalue weighted by molar-refractivity contribution is 6.34. The number of furan rings is 1. The topological polar surface area (TPSA) is 71.3 Å². The molecule has 120 valence electrons. The van der Waals surface area contributed by atoms with Gasteiger partial charge in [-0.05, 0) is 42.8 Å². The number of rotatable bonds is 6. The highest BCUT2D eigenvalue weighted by Crippen LogP contribution is 2.25. The van der Waals surface area contributed by atoms with Gasteiger partial charge in [0.1, 0.15) is 5.76 Å². The van der Waals surface area contributed by atoms with Crippen molar-refractivity contribution >= 4 is 40.9 Å². The number of carbonyl (C=O) groups is 2. The first-order chi connectivity index (χ1) is 11.1. The summed E-state index contributed by atoms with van der Waals surface area (Å²) in [4.78, 5) is 23.5. The number of hydrogen-bond donors (Lipinski definition) is 2. The Balaban J connectivity index is 2.03. The van der Waals surface area contributed by atoms with E-state index in [9.17, 15) is 9.59 Å². The van der Waals surface area contributed by atoms with Crippen LogP contribution >= 0.6 is 11.6 Å². The van der Waals surface area contributed by atoms with E-state index in [-0.39, 0.29) is 11.8 Å². The number of hydrogen-bond acceptors (Lipinski definition) is 3. The SMILES string of the molecule is CCCC(=O)Nc1ccc(Cl)c(NC(=O)C=Cc2ccco2)c1. The van der Waals surface area contributed by atoms with Crippen molar-refractivity contribution in [2.24, 2.45) is 0 Å². The number of nitrogens with one attached hydrogen (secondary N) is 2. The van der Waals surface area contributed by atoms with Crippen molar-refractivity contribution in [2.45, 2.75) is 19.8 Å². The zero-order chi connectivity index (χ0) is 16.7. The molecule has 0 radical (unpaired) electrons. The summed E-state index contributed by atoms with van der Waals surface area (Å²) in [5.74, 6) is 0.150. The maximum Gasteiger partial charge on any atom is 0.248 e. The van der Waals surface area contributed by atoms with E-state index in [1.54, 1.807) is 36.4 Å². The van der Waals surface area contributed by atoms with Gasteiger partial charge in [0.25, 0.3) is 0 Å². The number of anilines is 2. The molecule has 5 nitrogen and oxygen atoms in total. The quantitative estimate of drug-likeness (QED) is 0.774. The summed E-state index contributed by atoms with van der Waals surface area (Å²) in [6, 6.07) is 8.39. The third kappa shape index (κ3) is 5.30. The van der Waals surface area contributed by atoms with Crippen LogP contribution in [-0.2, 0) is 9.59 Å². The van der Waals surface area contributed by atoms with Crippen LogP contribution < -0.4 is 10.6 Å². The normalized spacial score (nSPS) is 10.7. The first-order valence-corrected chi connectivity index (χ1v) is 7.58. The maximum atomic E-state index is 11.9. The largest absolute Gasteiger partial charge is 0.465 e. The number of benzene rings is 1. The molecule has 6 heteroatoms. The zero-order valence-corrected chi connectivity index (χ0v) is 13.4.